The Balaban J connectivity index is 1.33. The van der Waals surface area contributed by atoms with Crippen LogP contribution in [0.5, 0.6) is 11.5 Å². The molecular formula is C30H32N6O3. The number of aromatic amines is 1. The highest BCUT2D eigenvalue weighted by atomic mass is 16.5. The fourth-order valence-electron chi connectivity index (χ4n) is 4.94. The monoisotopic (exact) mass is 524 g/mol. The van der Waals surface area contributed by atoms with Crippen LogP contribution in [0, 0.1) is 6.92 Å². The zero-order valence-electron chi connectivity index (χ0n) is 22.3. The van der Waals surface area contributed by atoms with E-state index in [2.05, 4.69) is 59.2 Å². The van der Waals surface area contributed by atoms with Crippen LogP contribution in [0.15, 0.2) is 67.4 Å². The number of aryl methyl sites for hydroxylation is 1. The third kappa shape index (κ3) is 5.62. The van der Waals surface area contributed by atoms with E-state index in [9.17, 15) is 9.59 Å². The van der Waals surface area contributed by atoms with Crippen molar-refractivity contribution < 1.29 is 14.3 Å². The van der Waals surface area contributed by atoms with Gasteiger partial charge in [-0.2, -0.15) is 5.10 Å². The molecule has 2 aromatic heterocycles. The lowest BCUT2D eigenvalue weighted by atomic mass is 9.97. The molecule has 3 heterocycles. The summed E-state index contributed by atoms with van der Waals surface area (Å²) < 4.78 is 6.24. The number of anilines is 2. The number of nitrogens with zero attached hydrogens (tertiary/aromatic N) is 3. The van der Waals surface area contributed by atoms with Gasteiger partial charge in [0.15, 0.2) is 11.5 Å². The van der Waals surface area contributed by atoms with Crippen LogP contribution in [0.3, 0.4) is 0 Å². The number of hydrogen-bond donors (Lipinski definition) is 3. The lowest BCUT2D eigenvalue weighted by molar-refractivity contribution is -0.125. The van der Waals surface area contributed by atoms with E-state index in [1.807, 2.05) is 12.1 Å². The second kappa shape index (κ2) is 11.0. The molecule has 0 spiro atoms. The van der Waals surface area contributed by atoms with Crippen molar-refractivity contribution >= 4 is 34.4 Å². The van der Waals surface area contributed by atoms with Gasteiger partial charge in [-0.3, -0.25) is 14.7 Å². The number of likely N-dealkylation sites (tertiary alicyclic amines) is 1. The number of carbonyl (C=O) groups excluding carboxylic acids is 2. The molecule has 39 heavy (non-hydrogen) atoms. The summed E-state index contributed by atoms with van der Waals surface area (Å²) in [6.07, 6.45) is 3.76. The van der Waals surface area contributed by atoms with E-state index in [4.69, 9.17) is 4.74 Å². The zero-order valence-corrected chi connectivity index (χ0v) is 22.3. The van der Waals surface area contributed by atoms with E-state index in [1.165, 1.54) is 11.6 Å². The molecule has 4 aromatic rings. The van der Waals surface area contributed by atoms with Crippen LogP contribution in [0.2, 0.25) is 0 Å². The summed E-state index contributed by atoms with van der Waals surface area (Å²) in [5.74, 6) is 1.78. The van der Waals surface area contributed by atoms with Crippen molar-refractivity contribution in [2.24, 2.45) is 0 Å². The Morgan fingerprint density at radius 3 is 2.82 bits per heavy atom. The average molecular weight is 525 g/mol. The molecule has 1 fully saturated rings. The molecule has 0 unspecified atom stereocenters. The van der Waals surface area contributed by atoms with E-state index >= 15 is 0 Å². The number of pyridine rings is 1. The predicted molar refractivity (Wildman–Crippen MR) is 152 cm³/mol. The number of ether oxygens (including phenoxy) is 1. The third-order valence-corrected chi connectivity index (χ3v) is 6.91. The van der Waals surface area contributed by atoms with E-state index in [-0.39, 0.29) is 17.9 Å². The first-order valence-corrected chi connectivity index (χ1v) is 13.0. The molecule has 1 saturated heterocycles. The van der Waals surface area contributed by atoms with Gasteiger partial charge in [-0.15, -0.1) is 0 Å². The van der Waals surface area contributed by atoms with Crippen molar-refractivity contribution in [3.8, 4) is 11.5 Å². The Labute approximate surface area is 227 Å². The summed E-state index contributed by atoms with van der Waals surface area (Å²) in [7, 11) is 0. The summed E-state index contributed by atoms with van der Waals surface area (Å²) in [6.45, 7) is 11.1. The molecule has 2 aromatic carbocycles. The first kappa shape index (κ1) is 26.0. The second-order valence-electron chi connectivity index (χ2n) is 10.0. The fraction of sp³-hybridized carbons (Fsp3) is 0.267. The van der Waals surface area contributed by atoms with E-state index in [1.54, 1.807) is 41.4 Å². The van der Waals surface area contributed by atoms with Crippen molar-refractivity contribution in [2.45, 2.75) is 39.2 Å². The van der Waals surface area contributed by atoms with Gasteiger partial charge in [0, 0.05) is 42.6 Å². The maximum atomic E-state index is 13.0. The number of H-pyrrole nitrogens is 1. The Morgan fingerprint density at radius 1 is 1.21 bits per heavy atom. The highest BCUT2D eigenvalue weighted by Gasteiger charge is 2.26. The lowest BCUT2D eigenvalue weighted by Gasteiger charge is -2.15. The van der Waals surface area contributed by atoms with Gasteiger partial charge in [-0.05, 0) is 66.8 Å². The van der Waals surface area contributed by atoms with Gasteiger partial charge in [0.2, 0.25) is 5.91 Å². The van der Waals surface area contributed by atoms with E-state index in [0.717, 1.165) is 17.7 Å². The van der Waals surface area contributed by atoms with Crippen LogP contribution in [-0.2, 0) is 4.79 Å². The lowest BCUT2D eigenvalue weighted by Crippen LogP contribution is -2.30. The number of rotatable bonds is 8. The van der Waals surface area contributed by atoms with Gasteiger partial charge in [0.1, 0.15) is 16.9 Å². The Hall–Kier alpha value is -4.66. The summed E-state index contributed by atoms with van der Waals surface area (Å²) >= 11 is 0. The van der Waals surface area contributed by atoms with Crippen molar-refractivity contribution in [1.82, 2.24) is 20.1 Å². The molecular weight excluding hydrogens is 492 g/mol. The largest absolute Gasteiger partial charge is 0.456 e. The number of aromatic nitrogens is 3. The van der Waals surface area contributed by atoms with Crippen molar-refractivity contribution in [3.05, 3.63) is 84.1 Å². The van der Waals surface area contributed by atoms with Crippen LogP contribution in [-0.4, -0.2) is 51.0 Å². The van der Waals surface area contributed by atoms with Gasteiger partial charge in [0.05, 0.1) is 0 Å². The molecule has 0 aliphatic carbocycles. The highest BCUT2D eigenvalue weighted by Crippen LogP contribution is 2.34. The first-order chi connectivity index (χ1) is 18.8. The molecule has 9 nitrogen and oxygen atoms in total. The molecule has 9 heteroatoms. The number of benzene rings is 2. The normalized spacial score (nSPS) is 15.0. The van der Waals surface area contributed by atoms with Gasteiger partial charge in [0.25, 0.3) is 5.91 Å². The summed E-state index contributed by atoms with van der Waals surface area (Å²) in [4.78, 5) is 31.1. The first-order valence-electron chi connectivity index (χ1n) is 13.0. The molecule has 1 aliphatic heterocycles. The van der Waals surface area contributed by atoms with Crippen LogP contribution in [0.25, 0.3) is 11.0 Å². The molecule has 1 atom stereocenters. The van der Waals surface area contributed by atoms with Crippen molar-refractivity contribution in [1.29, 1.82) is 0 Å². The molecule has 0 radical (unpaired) electrons. The number of fused-ring (bicyclic) bond motifs is 1. The van der Waals surface area contributed by atoms with Crippen LogP contribution in [0.1, 0.15) is 47.7 Å². The van der Waals surface area contributed by atoms with Gasteiger partial charge >= 0.3 is 0 Å². The Kier molecular flexibility index (Phi) is 7.31. The molecule has 1 aliphatic rings. The standard InChI is InChI=1S/C30H32N6O3/c1-5-26(37)36-14-12-22(17-36)32-29-27-25(11-13-31-28(27)34-35-29)39-23-8-6-7-20(16-23)30(38)33-21-9-10-24(18(2)3)19(4)15-21/h5-11,13,15-16,18,22H,1,12,14,17H2,2-4H3,(H,33,38)(H2,31,32,34,35)/t22-/m0/s1. The predicted octanol–water partition coefficient (Wildman–Crippen LogP) is 5.63. The molecule has 200 valence electrons. The minimum absolute atomic E-state index is 0.0405. The number of hydrogen-bond acceptors (Lipinski definition) is 6. The number of nitrogens with one attached hydrogen (secondary N) is 3. The molecule has 0 bridgehead atoms. The maximum absolute atomic E-state index is 13.0. The van der Waals surface area contributed by atoms with Gasteiger partial charge < -0.3 is 20.3 Å². The minimum atomic E-state index is -0.220. The van der Waals surface area contributed by atoms with Gasteiger partial charge in [-0.25, -0.2) is 4.98 Å². The van der Waals surface area contributed by atoms with Crippen LogP contribution in [0.4, 0.5) is 11.5 Å². The van der Waals surface area contributed by atoms with Gasteiger partial charge in [-0.1, -0.05) is 32.6 Å². The summed E-state index contributed by atoms with van der Waals surface area (Å²) in [6, 6.07) is 14.8. The van der Waals surface area contributed by atoms with E-state index in [0.29, 0.717) is 52.9 Å². The zero-order chi connectivity index (χ0) is 27.5. The topological polar surface area (TPSA) is 112 Å². The summed E-state index contributed by atoms with van der Waals surface area (Å²) in [5, 5.41) is 14.4. The molecule has 2 amide bonds. The molecule has 5 rings (SSSR count). The third-order valence-electron chi connectivity index (χ3n) is 6.91. The fourth-order valence-corrected chi connectivity index (χ4v) is 4.94. The SMILES string of the molecule is C=CC(=O)N1CC[C@H](Nc2n[nH]c3nccc(Oc4cccc(C(=O)Nc5ccc(C(C)C)c(C)c5)c4)c23)C1. The Morgan fingerprint density at radius 2 is 2.05 bits per heavy atom. The quantitative estimate of drug-likeness (QED) is 0.258. The highest BCUT2D eigenvalue weighted by molar-refractivity contribution is 6.04. The Bertz CT molecular complexity index is 1540. The van der Waals surface area contributed by atoms with Crippen LogP contribution >= 0.6 is 0 Å². The number of carbonyl (C=O) groups is 2. The summed E-state index contributed by atoms with van der Waals surface area (Å²) in [5.41, 5.74) is 4.20. The molecule has 0 saturated carbocycles. The maximum Gasteiger partial charge on any atom is 0.255 e. The van der Waals surface area contributed by atoms with Crippen molar-refractivity contribution in [3.63, 3.8) is 0 Å². The van der Waals surface area contributed by atoms with E-state index < -0.39 is 0 Å². The smallest absolute Gasteiger partial charge is 0.255 e. The second-order valence-corrected chi connectivity index (χ2v) is 10.0. The minimum Gasteiger partial charge on any atom is -0.456 e. The van der Waals surface area contributed by atoms with Crippen molar-refractivity contribution in [2.75, 3.05) is 23.7 Å². The average Bonchev–Trinajstić information content (AvgIpc) is 3.56. The number of amides is 2. The molecule has 3 N–H and O–H groups in total. The van der Waals surface area contributed by atoms with Crippen LogP contribution < -0.4 is 15.4 Å².